The highest BCUT2D eigenvalue weighted by atomic mass is 35.5. The summed E-state index contributed by atoms with van der Waals surface area (Å²) in [6.07, 6.45) is 3.49. The van der Waals surface area contributed by atoms with Crippen LogP contribution < -0.4 is 5.73 Å². The van der Waals surface area contributed by atoms with Gasteiger partial charge in [-0.25, -0.2) is 4.98 Å². The quantitative estimate of drug-likeness (QED) is 0.945. The fourth-order valence-electron chi connectivity index (χ4n) is 3.15. The topological polar surface area (TPSA) is 47.1 Å². The molecule has 0 saturated carbocycles. The summed E-state index contributed by atoms with van der Waals surface area (Å²) in [5, 5.41) is 0. The number of para-hydroxylation sites is 2. The van der Waals surface area contributed by atoms with Crippen LogP contribution in [0.2, 0.25) is 0 Å². The molecule has 4 nitrogen and oxygen atoms in total. The first-order valence-corrected chi connectivity index (χ1v) is 7.70. The lowest BCUT2D eigenvalue weighted by atomic mass is 10.1. The number of aromatic nitrogens is 2. The zero-order valence-corrected chi connectivity index (χ0v) is 13.5. The fourth-order valence-corrected chi connectivity index (χ4v) is 3.15. The molecule has 0 amide bonds. The van der Waals surface area contributed by atoms with E-state index in [1.807, 2.05) is 0 Å². The van der Waals surface area contributed by atoms with Gasteiger partial charge in [0.2, 0.25) is 0 Å². The number of nitrogens with two attached hydrogens (primary N) is 1. The van der Waals surface area contributed by atoms with Crippen molar-refractivity contribution < 1.29 is 0 Å². The second kappa shape index (κ2) is 7.25. The molecular weight excluding hydrogens is 284 g/mol. The van der Waals surface area contributed by atoms with Gasteiger partial charge in [0.15, 0.2) is 0 Å². The minimum absolute atomic E-state index is 0. The summed E-state index contributed by atoms with van der Waals surface area (Å²) in [6, 6.07) is 8.76. The fraction of sp³-hybridized carbons (Fsp3) is 0.562. The van der Waals surface area contributed by atoms with Gasteiger partial charge in [0.05, 0.1) is 17.6 Å². The summed E-state index contributed by atoms with van der Waals surface area (Å²) in [5.41, 5.74) is 8.45. The van der Waals surface area contributed by atoms with E-state index in [0.29, 0.717) is 6.04 Å². The number of imidazole rings is 1. The molecule has 2 N–H and O–H groups in total. The van der Waals surface area contributed by atoms with Gasteiger partial charge in [-0.1, -0.05) is 19.1 Å². The van der Waals surface area contributed by atoms with Crippen molar-refractivity contribution in [3.63, 3.8) is 0 Å². The summed E-state index contributed by atoms with van der Waals surface area (Å²) >= 11 is 0. The van der Waals surface area contributed by atoms with Gasteiger partial charge in [-0.15, -0.1) is 12.4 Å². The number of benzene rings is 1. The molecule has 1 fully saturated rings. The van der Waals surface area contributed by atoms with Crippen LogP contribution in [-0.4, -0.2) is 33.6 Å². The van der Waals surface area contributed by atoms with Crippen molar-refractivity contribution >= 4 is 23.4 Å². The maximum atomic E-state index is 6.08. The summed E-state index contributed by atoms with van der Waals surface area (Å²) in [7, 11) is 0. The normalized spacial score (nSPS) is 19.6. The molecule has 1 aromatic heterocycles. The molecule has 0 spiro atoms. The standard InChI is InChI=1S/C16H24N4.ClH/c1-2-9-20-15-8-4-3-7-14(15)18-16(20)12-19-10-5-6-13(17)11-19;/h3-4,7-8,13H,2,5-6,9-12,17H2,1H3;1H. The van der Waals surface area contributed by atoms with Crippen molar-refractivity contribution in [2.24, 2.45) is 5.73 Å². The number of aryl methyl sites for hydroxylation is 1. The predicted molar refractivity (Wildman–Crippen MR) is 89.8 cm³/mol. The van der Waals surface area contributed by atoms with Gasteiger partial charge in [-0.2, -0.15) is 0 Å². The Hall–Kier alpha value is -1.10. The SMILES string of the molecule is CCCn1c(CN2CCCC(N)C2)nc2ccccc21.Cl. The number of likely N-dealkylation sites (tertiary alicyclic amines) is 1. The second-order valence-corrected chi connectivity index (χ2v) is 5.81. The number of hydrogen-bond donors (Lipinski definition) is 1. The molecule has 21 heavy (non-hydrogen) atoms. The summed E-state index contributed by atoms with van der Waals surface area (Å²) < 4.78 is 2.37. The first-order valence-electron chi connectivity index (χ1n) is 7.70. The molecule has 116 valence electrons. The number of hydrogen-bond acceptors (Lipinski definition) is 3. The van der Waals surface area contributed by atoms with Gasteiger partial charge in [0, 0.05) is 19.1 Å². The third kappa shape index (κ3) is 3.57. The van der Waals surface area contributed by atoms with Crippen LogP contribution in [0.4, 0.5) is 0 Å². The number of rotatable bonds is 4. The molecule has 5 heteroatoms. The Bertz CT molecular complexity index is 581. The molecule has 2 aromatic rings. The average Bonchev–Trinajstić information content (AvgIpc) is 2.77. The van der Waals surface area contributed by atoms with Crippen LogP contribution >= 0.6 is 12.4 Å². The Morgan fingerprint density at radius 3 is 2.90 bits per heavy atom. The predicted octanol–water partition coefficient (Wildman–Crippen LogP) is 2.79. The minimum atomic E-state index is 0. The molecular formula is C16H25ClN4. The molecule has 1 unspecified atom stereocenters. The Balaban J connectivity index is 0.00000161. The smallest absolute Gasteiger partial charge is 0.124 e. The van der Waals surface area contributed by atoms with Gasteiger partial charge >= 0.3 is 0 Å². The van der Waals surface area contributed by atoms with E-state index in [1.165, 1.54) is 17.8 Å². The van der Waals surface area contributed by atoms with E-state index in [4.69, 9.17) is 10.7 Å². The Labute approximate surface area is 132 Å². The number of nitrogens with zero attached hydrogens (tertiary/aromatic N) is 3. The van der Waals surface area contributed by atoms with Crippen molar-refractivity contribution in [3.05, 3.63) is 30.1 Å². The second-order valence-electron chi connectivity index (χ2n) is 5.81. The summed E-state index contributed by atoms with van der Waals surface area (Å²) in [4.78, 5) is 7.28. The van der Waals surface area contributed by atoms with Crippen molar-refractivity contribution in [1.29, 1.82) is 0 Å². The molecule has 1 saturated heterocycles. The van der Waals surface area contributed by atoms with Crippen LogP contribution in [0.3, 0.4) is 0 Å². The van der Waals surface area contributed by atoms with E-state index in [2.05, 4.69) is 40.7 Å². The first kappa shape index (κ1) is 16.3. The van der Waals surface area contributed by atoms with E-state index in [9.17, 15) is 0 Å². The summed E-state index contributed by atoms with van der Waals surface area (Å²) in [6.45, 7) is 6.31. The monoisotopic (exact) mass is 308 g/mol. The molecule has 0 radical (unpaired) electrons. The zero-order valence-electron chi connectivity index (χ0n) is 12.7. The van der Waals surface area contributed by atoms with Crippen molar-refractivity contribution in [3.8, 4) is 0 Å². The Kier molecular flexibility index (Phi) is 5.62. The van der Waals surface area contributed by atoms with Crippen LogP contribution in [0.1, 0.15) is 32.0 Å². The average molecular weight is 309 g/mol. The lowest BCUT2D eigenvalue weighted by Gasteiger charge is -2.30. The van der Waals surface area contributed by atoms with Gasteiger partial charge in [-0.3, -0.25) is 4.90 Å². The molecule has 0 aliphatic carbocycles. The molecule has 1 aliphatic heterocycles. The first-order chi connectivity index (χ1) is 9.78. The Morgan fingerprint density at radius 1 is 1.33 bits per heavy atom. The number of halogens is 1. The van der Waals surface area contributed by atoms with E-state index < -0.39 is 0 Å². The van der Waals surface area contributed by atoms with Crippen molar-refractivity contribution in [2.45, 2.75) is 45.3 Å². The van der Waals surface area contributed by atoms with Crippen LogP contribution in [-0.2, 0) is 13.1 Å². The lowest BCUT2D eigenvalue weighted by molar-refractivity contribution is 0.195. The summed E-state index contributed by atoms with van der Waals surface area (Å²) in [5.74, 6) is 1.18. The van der Waals surface area contributed by atoms with Crippen LogP contribution in [0.5, 0.6) is 0 Å². The van der Waals surface area contributed by atoms with Gasteiger partial charge in [0.1, 0.15) is 5.82 Å². The molecule has 2 heterocycles. The Morgan fingerprint density at radius 2 is 2.14 bits per heavy atom. The lowest BCUT2D eigenvalue weighted by Crippen LogP contribution is -2.42. The van der Waals surface area contributed by atoms with Gasteiger partial charge < -0.3 is 10.3 Å². The number of fused-ring (bicyclic) bond motifs is 1. The van der Waals surface area contributed by atoms with Crippen LogP contribution in [0.15, 0.2) is 24.3 Å². The van der Waals surface area contributed by atoms with Crippen LogP contribution in [0.25, 0.3) is 11.0 Å². The molecule has 1 atom stereocenters. The maximum absolute atomic E-state index is 6.08. The van der Waals surface area contributed by atoms with E-state index in [0.717, 1.165) is 44.5 Å². The van der Waals surface area contributed by atoms with Crippen LogP contribution in [0, 0.1) is 0 Å². The van der Waals surface area contributed by atoms with E-state index in [-0.39, 0.29) is 12.4 Å². The van der Waals surface area contributed by atoms with E-state index >= 15 is 0 Å². The van der Waals surface area contributed by atoms with Crippen molar-refractivity contribution in [2.75, 3.05) is 13.1 Å². The number of piperidine rings is 1. The molecule has 0 bridgehead atoms. The third-order valence-electron chi connectivity index (χ3n) is 4.09. The third-order valence-corrected chi connectivity index (χ3v) is 4.09. The largest absolute Gasteiger partial charge is 0.327 e. The highest BCUT2D eigenvalue weighted by molar-refractivity contribution is 5.85. The van der Waals surface area contributed by atoms with E-state index in [1.54, 1.807) is 0 Å². The van der Waals surface area contributed by atoms with Gasteiger partial charge in [-0.05, 0) is 37.9 Å². The zero-order chi connectivity index (χ0) is 13.9. The molecule has 1 aromatic carbocycles. The maximum Gasteiger partial charge on any atom is 0.124 e. The minimum Gasteiger partial charge on any atom is -0.327 e. The van der Waals surface area contributed by atoms with Gasteiger partial charge in [0.25, 0.3) is 0 Å². The molecule has 3 rings (SSSR count). The highest BCUT2D eigenvalue weighted by Crippen LogP contribution is 2.19. The van der Waals surface area contributed by atoms with Crippen molar-refractivity contribution in [1.82, 2.24) is 14.5 Å². The highest BCUT2D eigenvalue weighted by Gasteiger charge is 2.19. The molecule has 1 aliphatic rings.